The molecule has 0 aliphatic carbocycles. The van der Waals surface area contributed by atoms with Crippen molar-refractivity contribution < 1.29 is 0 Å². The highest BCUT2D eigenvalue weighted by atomic mass is 79.9. The molecule has 0 unspecified atom stereocenters. The van der Waals surface area contributed by atoms with E-state index < -0.39 is 0 Å². The zero-order chi connectivity index (χ0) is 11.5. The largest absolute Gasteiger partial charge is 0.301 e. The molecule has 0 aromatic carbocycles. The fraction of sp³-hybridized carbons (Fsp3) is 0.111. The molecule has 5 nitrogen and oxygen atoms in total. The third-order valence-electron chi connectivity index (χ3n) is 1.68. The van der Waals surface area contributed by atoms with Crippen LogP contribution in [0.5, 0.6) is 0 Å². The number of nitrogens with zero attached hydrogens (tertiary/aromatic N) is 3. The third kappa shape index (κ3) is 2.67. The van der Waals surface area contributed by atoms with E-state index in [4.69, 9.17) is 0 Å². The van der Waals surface area contributed by atoms with Gasteiger partial charge < -0.3 is 4.98 Å². The maximum atomic E-state index is 11.2. The fourth-order valence-electron chi connectivity index (χ4n) is 1.07. The van der Waals surface area contributed by atoms with Gasteiger partial charge in [-0.3, -0.25) is 4.79 Å². The summed E-state index contributed by atoms with van der Waals surface area (Å²) in [6.07, 6.45) is 3.09. The van der Waals surface area contributed by atoms with E-state index in [0.717, 1.165) is 4.47 Å². The number of rotatable bonds is 2. The zero-order valence-corrected chi connectivity index (χ0v) is 10.7. The van der Waals surface area contributed by atoms with Crippen LogP contribution in [0.2, 0.25) is 0 Å². The molecule has 7 heteroatoms. The Balaban J connectivity index is 2.34. The molecule has 2 rings (SSSR count). The summed E-state index contributed by atoms with van der Waals surface area (Å²) in [5, 5.41) is 1.23. The smallest absolute Gasteiger partial charge is 0.251 e. The average Bonchev–Trinajstić information content (AvgIpc) is 2.20. The Labute approximate surface area is 104 Å². The molecule has 0 aliphatic heterocycles. The number of aromatic amines is 1. The van der Waals surface area contributed by atoms with Crippen LogP contribution in [0.3, 0.4) is 0 Å². The standard InChI is InChI=1S/C9H7BrN4OS/c1-5-2-7(15)14-9(13-5)16-8-6(10)3-11-4-12-8/h2-4H,1H3,(H,13,14,15). The molecular formula is C9H7BrN4OS. The first kappa shape index (κ1) is 11.3. The van der Waals surface area contributed by atoms with E-state index in [1.54, 1.807) is 13.1 Å². The second-order valence-electron chi connectivity index (χ2n) is 2.97. The Bertz CT molecular complexity index is 571. The van der Waals surface area contributed by atoms with Crippen molar-refractivity contribution in [2.75, 3.05) is 0 Å². The number of nitrogens with one attached hydrogen (secondary N) is 1. The summed E-state index contributed by atoms with van der Waals surface area (Å²) in [5.41, 5.74) is 0.511. The van der Waals surface area contributed by atoms with Gasteiger partial charge in [0.25, 0.3) is 5.56 Å². The molecule has 2 aromatic heterocycles. The van der Waals surface area contributed by atoms with E-state index in [0.29, 0.717) is 15.9 Å². The molecule has 1 N–H and O–H groups in total. The highest BCUT2D eigenvalue weighted by Crippen LogP contribution is 2.27. The monoisotopic (exact) mass is 298 g/mol. The minimum Gasteiger partial charge on any atom is -0.301 e. The van der Waals surface area contributed by atoms with Crippen LogP contribution in [0.15, 0.2) is 38.0 Å². The van der Waals surface area contributed by atoms with Crippen molar-refractivity contribution in [3.8, 4) is 0 Å². The Hall–Kier alpha value is -1.21. The Morgan fingerprint density at radius 1 is 1.50 bits per heavy atom. The number of aryl methyl sites for hydroxylation is 1. The van der Waals surface area contributed by atoms with E-state index in [2.05, 4.69) is 35.9 Å². The lowest BCUT2D eigenvalue weighted by atomic mass is 10.5. The number of halogens is 1. The number of hydrogen-bond acceptors (Lipinski definition) is 5. The molecular weight excluding hydrogens is 292 g/mol. The average molecular weight is 299 g/mol. The van der Waals surface area contributed by atoms with Crippen molar-refractivity contribution in [1.29, 1.82) is 0 Å². The van der Waals surface area contributed by atoms with Gasteiger partial charge in [-0.15, -0.1) is 0 Å². The molecule has 2 heterocycles. The van der Waals surface area contributed by atoms with Gasteiger partial charge in [0.1, 0.15) is 11.4 Å². The van der Waals surface area contributed by atoms with Crippen molar-refractivity contribution in [3.63, 3.8) is 0 Å². The number of hydrogen-bond donors (Lipinski definition) is 1. The Morgan fingerprint density at radius 3 is 3.00 bits per heavy atom. The number of aromatic nitrogens is 4. The first-order chi connectivity index (χ1) is 7.65. The molecule has 0 radical (unpaired) electrons. The summed E-state index contributed by atoms with van der Waals surface area (Å²) in [6.45, 7) is 1.77. The van der Waals surface area contributed by atoms with Gasteiger partial charge in [-0.2, -0.15) is 0 Å². The molecule has 0 aliphatic rings. The second-order valence-corrected chi connectivity index (χ2v) is 4.80. The van der Waals surface area contributed by atoms with Gasteiger partial charge in [-0.1, -0.05) is 0 Å². The van der Waals surface area contributed by atoms with E-state index >= 15 is 0 Å². The fourth-order valence-corrected chi connectivity index (χ4v) is 2.31. The number of H-pyrrole nitrogens is 1. The summed E-state index contributed by atoms with van der Waals surface area (Å²) in [5.74, 6) is 0. The Kier molecular flexibility index (Phi) is 3.35. The van der Waals surface area contributed by atoms with Crippen LogP contribution < -0.4 is 5.56 Å². The predicted molar refractivity (Wildman–Crippen MR) is 63.4 cm³/mol. The van der Waals surface area contributed by atoms with Crippen molar-refractivity contribution in [1.82, 2.24) is 19.9 Å². The van der Waals surface area contributed by atoms with Crippen molar-refractivity contribution >= 4 is 27.7 Å². The maximum Gasteiger partial charge on any atom is 0.251 e. The topological polar surface area (TPSA) is 71.5 Å². The van der Waals surface area contributed by atoms with Gasteiger partial charge in [0.05, 0.1) is 4.47 Å². The second kappa shape index (κ2) is 4.75. The molecule has 0 amide bonds. The van der Waals surface area contributed by atoms with Gasteiger partial charge in [0.15, 0.2) is 5.16 Å². The predicted octanol–water partition coefficient (Wildman–Crippen LogP) is 1.78. The lowest BCUT2D eigenvalue weighted by Crippen LogP contribution is -2.08. The van der Waals surface area contributed by atoms with Crippen LogP contribution in [-0.4, -0.2) is 19.9 Å². The van der Waals surface area contributed by atoms with Crippen LogP contribution >= 0.6 is 27.7 Å². The molecule has 82 valence electrons. The minimum absolute atomic E-state index is 0.167. The summed E-state index contributed by atoms with van der Waals surface area (Å²) < 4.78 is 0.768. The molecule has 0 saturated carbocycles. The van der Waals surface area contributed by atoms with Crippen LogP contribution in [0.25, 0.3) is 0 Å². The van der Waals surface area contributed by atoms with Gasteiger partial charge in [-0.05, 0) is 34.6 Å². The van der Waals surface area contributed by atoms with Gasteiger partial charge >= 0.3 is 0 Å². The summed E-state index contributed by atoms with van der Waals surface area (Å²) in [4.78, 5) is 26.0. The summed E-state index contributed by atoms with van der Waals surface area (Å²) in [7, 11) is 0. The first-order valence-electron chi connectivity index (χ1n) is 4.36. The van der Waals surface area contributed by atoms with Crippen LogP contribution in [0, 0.1) is 6.92 Å². The molecule has 16 heavy (non-hydrogen) atoms. The highest BCUT2D eigenvalue weighted by Gasteiger charge is 2.06. The molecule has 0 atom stereocenters. The summed E-state index contributed by atoms with van der Waals surface area (Å²) >= 11 is 4.60. The van der Waals surface area contributed by atoms with Gasteiger partial charge in [0, 0.05) is 18.0 Å². The first-order valence-corrected chi connectivity index (χ1v) is 5.97. The SMILES string of the molecule is Cc1cc(=O)[nH]c(Sc2ncncc2Br)n1. The third-order valence-corrected chi connectivity index (χ3v) is 3.42. The van der Waals surface area contributed by atoms with Crippen molar-refractivity contribution in [2.24, 2.45) is 0 Å². The zero-order valence-electron chi connectivity index (χ0n) is 8.27. The maximum absolute atomic E-state index is 11.2. The van der Waals surface area contributed by atoms with Gasteiger partial charge in [0.2, 0.25) is 0 Å². The normalized spacial score (nSPS) is 10.4. The van der Waals surface area contributed by atoms with Crippen LogP contribution in [-0.2, 0) is 0 Å². The molecule has 0 bridgehead atoms. The quantitative estimate of drug-likeness (QED) is 0.676. The molecule has 0 fully saturated rings. The summed E-state index contributed by atoms with van der Waals surface area (Å²) in [6, 6.07) is 1.44. The lowest BCUT2D eigenvalue weighted by molar-refractivity contribution is 0.898. The van der Waals surface area contributed by atoms with Crippen molar-refractivity contribution in [3.05, 3.63) is 39.1 Å². The van der Waals surface area contributed by atoms with E-state index in [1.165, 1.54) is 24.2 Å². The van der Waals surface area contributed by atoms with E-state index in [1.807, 2.05) is 0 Å². The van der Waals surface area contributed by atoms with Crippen molar-refractivity contribution in [2.45, 2.75) is 17.1 Å². The molecule has 0 saturated heterocycles. The molecule has 0 spiro atoms. The van der Waals surface area contributed by atoms with E-state index in [-0.39, 0.29) is 5.56 Å². The van der Waals surface area contributed by atoms with Crippen LogP contribution in [0.1, 0.15) is 5.69 Å². The molecule has 2 aromatic rings. The lowest BCUT2D eigenvalue weighted by Gasteiger charge is -2.01. The Morgan fingerprint density at radius 2 is 2.31 bits per heavy atom. The minimum atomic E-state index is -0.167. The van der Waals surface area contributed by atoms with Gasteiger partial charge in [-0.25, -0.2) is 15.0 Å². The van der Waals surface area contributed by atoms with Crippen LogP contribution in [0.4, 0.5) is 0 Å². The highest BCUT2D eigenvalue weighted by molar-refractivity contribution is 9.10. The van der Waals surface area contributed by atoms with E-state index in [9.17, 15) is 4.79 Å².